The van der Waals surface area contributed by atoms with E-state index in [1.54, 1.807) is 7.05 Å². The Balaban J connectivity index is 2.51. The molecule has 110 valence electrons. The van der Waals surface area contributed by atoms with Crippen molar-refractivity contribution in [3.63, 3.8) is 0 Å². The number of hydrogen-bond acceptors (Lipinski definition) is 6. The van der Waals surface area contributed by atoms with Crippen LogP contribution < -0.4 is 10.1 Å². The number of ether oxygens (including phenoxy) is 1. The van der Waals surface area contributed by atoms with Crippen LogP contribution in [0.4, 0.5) is 16.0 Å². The molecule has 7 nitrogen and oxygen atoms in total. The molecular formula is C12H10BrFN4O3. The fourth-order valence-corrected chi connectivity index (χ4v) is 2.03. The SMILES string of the molecule is CNc1nc(C)c([N+](=O)[O-])c(Oc2ccc(F)cc2Br)n1. The van der Waals surface area contributed by atoms with Gasteiger partial charge in [-0.05, 0) is 41.1 Å². The maximum Gasteiger partial charge on any atom is 0.352 e. The Morgan fingerprint density at radius 3 is 2.71 bits per heavy atom. The average molecular weight is 357 g/mol. The standard InChI is InChI=1S/C12H10BrFN4O3/c1-6-10(18(19)20)11(17-12(15-2)16-6)21-9-4-3-7(14)5-8(9)13/h3-5H,1-2H3,(H,15,16,17). The topological polar surface area (TPSA) is 90.2 Å². The van der Waals surface area contributed by atoms with Crippen molar-refractivity contribution in [1.29, 1.82) is 0 Å². The maximum absolute atomic E-state index is 13.0. The van der Waals surface area contributed by atoms with Gasteiger partial charge in [-0.15, -0.1) is 0 Å². The van der Waals surface area contributed by atoms with Crippen molar-refractivity contribution >= 4 is 27.6 Å². The second kappa shape index (κ2) is 6.00. The van der Waals surface area contributed by atoms with Crippen LogP contribution in [0, 0.1) is 22.9 Å². The third kappa shape index (κ3) is 3.24. The lowest BCUT2D eigenvalue weighted by atomic mass is 10.3. The highest BCUT2D eigenvalue weighted by Gasteiger charge is 2.24. The molecule has 0 spiro atoms. The summed E-state index contributed by atoms with van der Waals surface area (Å²) in [6.07, 6.45) is 0. The second-order valence-corrected chi connectivity index (χ2v) is 4.82. The summed E-state index contributed by atoms with van der Waals surface area (Å²) in [6.45, 7) is 1.48. The zero-order chi connectivity index (χ0) is 15.6. The lowest BCUT2D eigenvalue weighted by Gasteiger charge is -2.09. The van der Waals surface area contributed by atoms with Crippen molar-refractivity contribution < 1.29 is 14.1 Å². The van der Waals surface area contributed by atoms with Crippen LogP contribution in [0.2, 0.25) is 0 Å². The van der Waals surface area contributed by atoms with Gasteiger partial charge in [-0.1, -0.05) is 0 Å². The Kier molecular flexibility index (Phi) is 4.32. The monoisotopic (exact) mass is 356 g/mol. The number of anilines is 1. The summed E-state index contributed by atoms with van der Waals surface area (Å²) in [5, 5.41) is 13.8. The van der Waals surface area contributed by atoms with E-state index in [1.807, 2.05) is 0 Å². The Labute approximate surface area is 127 Å². The van der Waals surface area contributed by atoms with Crippen LogP contribution in [0.25, 0.3) is 0 Å². The van der Waals surface area contributed by atoms with E-state index in [9.17, 15) is 14.5 Å². The van der Waals surface area contributed by atoms with Gasteiger partial charge in [-0.25, -0.2) is 9.37 Å². The number of aryl methyl sites for hydroxylation is 1. The number of halogens is 2. The van der Waals surface area contributed by atoms with Gasteiger partial charge >= 0.3 is 11.6 Å². The molecule has 1 aromatic carbocycles. The molecule has 1 heterocycles. The van der Waals surface area contributed by atoms with E-state index in [2.05, 4.69) is 31.2 Å². The molecule has 9 heteroatoms. The first-order valence-electron chi connectivity index (χ1n) is 5.76. The number of rotatable bonds is 4. The van der Waals surface area contributed by atoms with Gasteiger partial charge in [0, 0.05) is 7.05 Å². The molecule has 1 aromatic heterocycles. The highest BCUT2D eigenvalue weighted by molar-refractivity contribution is 9.10. The van der Waals surface area contributed by atoms with Crippen molar-refractivity contribution in [3.8, 4) is 11.6 Å². The van der Waals surface area contributed by atoms with Crippen LogP contribution in [-0.2, 0) is 0 Å². The van der Waals surface area contributed by atoms with Gasteiger partial charge in [0.15, 0.2) is 0 Å². The number of hydrogen-bond donors (Lipinski definition) is 1. The molecule has 0 atom stereocenters. The summed E-state index contributed by atoms with van der Waals surface area (Å²) in [7, 11) is 1.58. The van der Waals surface area contributed by atoms with E-state index in [1.165, 1.54) is 25.1 Å². The third-order valence-electron chi connectivity index (χ3n) is 2.53. The van der Waals surface area contributed by atoms with Crippen LogP contribution in [0.3, 0.4) is 0 Å². The van der Waals surface area contributed by atoms with Gasteiger partial charge in [-0.2, -0.15) is 4.98 Å². The lowest BCUT2D eigenvalue weighted by molar-refractivity contribution is -0.386. The number of nitro groups is 1. The predicted octanol–water partition coefficient (Wildman–Crippen LogP) is 3.43. The van der Waals surface area contributed by atoms with Gasteiger partial charge in [0.2, 0.25) is 5.95 Å². The van der Waals surface area contributed by atoms with E-state index in [-0.39, 0.29) is 29.0 Å². The van der Waals surface area contributed by atoms with E-state index >= 15 is 0 Å². The average Bonchev–Trinajstić information content (AvgIpc) is 2.40. The molecular weight excluding hydrogens is 347 g/mol. The molecule has 0 saturated carbocycles. The first-order valence-corrected chi connectivity index (χ1v) is 6.55. The Hall–Kier alpha value is -2.29. The quantitative estimate of drug-likeness (QED) is 0.666. The molecule has 0 bridgehead atoms. The van der Waals surface area contributed by atoms with E-state index in [0.29, 0.717) is 4.47 Å². The molecule has 0 amide bonds. The Morgan fingerprint density at radius 1 is 1.43 bits per heavy atom. The summed E-state index contributed by atoms with van der Waals surface area (Å²) < 4.78 is 18.8. The molecule has 0 unspecified atom stereocenters. The molecule has 0 aliphatic rings. The molecule has 21 heavy (non-hydrogen) atoms. The zero-order valence-electron chi connectivity index (χ0n) is 11.1. The number of aromatic nitrogens is 2. The summed E-state index contributed by atoms with van der Waals surface area (Å²) in [4.78, 5) is 18.4. The highest BCUT2D eigenvalue weighted by atomic mass is 79.9. The predicted molar refractivity (Wildman–Crippen MR) is 77.1 cm³/mol. The van der Waals surface area contributed by atoms with Crippen LogP contribution in [0.15, 0.2) is 22.7 Å². The minimum absolute atomic E-state index is 0.160. The van der Waals surface area contributed by atoms with Crippen LogP contribution >= 0.6 is 15.9 Å². The van der Waals surface area contributed by atoms with Crippen LogP contribution in [0.1, 0.15) is 5.69 Å². The van der Waals surface area contributed by atoms with Crippen LogP contribution in [0.5, 0.6) is 11.6 Å². The number of benzene rings is 1. The van der Waals surface area contributed by atoms with E-state index in [4.69, 9.17) is 4.74 Å². The third-order valence-corrected chi connectivity index (χ3v) is 3.15. The molecule has 2 aromatic rings. The second-order valence-electron chi connectivity index (χ2n) is 3.97. The lowest BCUT2D eigenvalue weighted by Crippen LogP contribution is -2.05. The molecule has 1 N–H and O–H groups in total. The van der Waals surface area contributed by atoms with Gasteiger partial charge in [0.1, 0.15) is 17.3 Å². The molecule has 0 aliphatic heterocycles. The van der Waals surface area contributed by atoms with Gasteiger partial charge in [-0.3, -0.25) is 10.1 Å². The molecule has 0 fully saturated rings. The highest BCUT2D eigenvalue weighted by Crippen LogP contribution is 2.35. The van der Waals surface area contributed by atoms with Gasteiger partial charge < -0.3 is 10.1 Å². The Morgan fingerprint density at radius 2 is 2.14 bits per heavy atom. The summed E-state index contributed by atoms with van der Waals surface area (Å²) in [6, 6.07) is 3.72. The molecule has 0 saturated heterocycles. The molecule has 2 rings (SSSR count). The first kappa shape index (κ1) is 15.1. The number of nitrogens with one attached hydrogen (secondary N) is 1. The fourth-order valence-electron chi connectivity index (χ4n) is 1.60. The molecule has 0 radical (unpaired) electrons. The van der Waals surface area contributed by atoms with Crippen molar-refractivity contribution in [2.24, 2.45) is 0 Å². The summed E-state index contributed by atoms with van der Waals surface area (Å²) >= 11 is 3.13. The van der Waals surface area contributed by atoms with Gasteiger partial charge in [0.05, 0.1) is 9.40 Å². The number of nitrogens with zero attached hydrogens (tertiary/aromatic N) is 3. The van der Waals surface area contributed by atoms with Crippen molar-refractivity contribution in [1.82, 2.24) is 9.97 Å². The normalized spacial score (nSPS) is 10.3. The van der Waals surface area contributed by atoms with Crippen LogP contribution in [-0.4, -0.2) is 21.9 Å². The Bertz CT molecular complexity index is 711. The van der Waals surface area contributed by atoms with E-state index in [0.717, 1.165) is 0 Å². The largest absolute Gasteiger partial charge is 0.432 e. The van der Waals surface area contributed by atoms with Crippen molar-refractivity contribution in [3.05, 3.63) is 44.3 Å². The smallest absolute Gasteiger partial charge is 0.352 e. The van der Waals surface area contributed by atoms with Crippen molar-refractivity contribution in [2.75, 3.05) is 12.4 Å². The minimum Gasteiger partial charge on any atom is -0.432 e. The summed E-state index contributed by atoms with van der Waals surface area (Å²) in [5.74, 6) is -0.284. The maximum atomic E-state index is 13.0. The van der Waals surface area contributed by atoms with Crippen molar-refractivity contribution in [2.45, 2.75) is 6.92 Å². The molecule has 0 aliphatic carbocycles. The minimum atomic E-state index is -0.623. The van der Waals surface area contributed by atoms with E-state index < -0.39 is 10.7 Å². The van der Waals surface area contributed by atoms with Gasteiger partial charge in [0.25, 0.3) is 0 Å². The fraction of sp³-hybridized carbons (Fsp3) is 0.167. The first-order chi connectivity index (χ1) is 9.92. The summed E-state index contributed by atoms with van der Waals surface area (Å²) in [5.41, 5.74) is -0.183. The zero-order valence-corrected chi connectivity index (χ0v) is 12.6.